The Labute approximate surface area is 77.8 Å². The molecule has 2 atom stereocenters. The first-order valence-electron chi connectivity index (χ1n) is 4.32. The maximum Gasteiger partial charge on any atom is 0.163 e. The van der Waals surface area contributed by atoms with Gasteiger partial charge >= 0.3 is 0 Å². The lowest BCUT2D eigenvalue weighted by molar-refractivity contribution is -0.147. The van der Waals surface area contributed by atoms with Crippen molar-refractivity contribution in [1.82, 2.24) is 0 Å². The van der Waals surface area contributed by atoms with Crippen molar-refractivity contribution in [1.29, 1.82) is 0 Å². The van der Waals surface area contributed by atoms with Crippen molar-refractivity contribution in [3.05, 3.63) is 12.2 Å². The fourth-order valence-electron chi connectivity index (χ4n) is 1.21. The monoisotopic (exact) mass is 188 g/mol. The summed E-state index contributed by atoms with van der Waals surface area (Å²) in [4.78, 5) is 0. The average Bonchev–Trinajstić information content (AvgIpc) is 2.42. The lowest BCUT2D eigenvalue weighted by Crippen LogP contribution is -2.29. The zero-order valence-corrected chi connectivity index (χ0v) is 7.93. The molecule has 0 aromatic heterocycles. The van der Waals surface area contributed by atoms with E-state index in [4.69, 9.17) is 14.6 Å². The van der Waals surface area contributed by atoms with Crippen molar-refractivity contribution < 1.29 is 19.7 Å². The molecule has 1 rings (SSSR count). The van der Waals surface area contributed by atoms with Gasteiger partial charge in [0.15, 0.2) is 5.79 Å². The molecule has 1 aliphatic rings. The Hall–Kier alpha value is -0.420. The van der Waals surface area contributed by atoms with Gasteiger partial charge in [-0.15, -0.1) is 0 Å². The van der Waals surface area contributed by atoms with Crippen LogP contribution in [0.5, 0.6) is 0 Å². The van der Waals surface area contributed by atoms with Crippen LogP contribution < -0.4 is 0 Å². The van der Waals surface area contributed by atoms with Crippen molar-refractivity contribution in [2.75, 3.05) is 13.2 Å². The largest absolute Gasteiger partial charge is 0.392 e. The normalized spacial score (nSPS) is 29.7. The van der Waals surface area contributed by atoms with Crippen molar-refractivity contribution in [3.8, 4) is 0 Å². The summed E-state index contributed by atoms with van der Waals surface area (Å²) in [5, 5.41) is 18.0. The summed E-state index contributed by atoms with van der Waals surface area (Å²) in [5.41, 5.74) is 0. The molecule has 1 fully saturated rings. The van der Waals surface area contributed by atoms with Crippen molar-refractivity contribution in [2.24, 2.45) is 0 Å². The topological polar surface area (TPSA) is 58.9 Å². The van der Waals surface area contributed by atoms with Crippen molar-refractivity contribution in [3.63, 3.8) is 0 Å². The second kappa shape index (κ2) is 4.19. The smallest absolute Gasteiger partial charge is 0.163 e. The third-order valence-corrected chi connectivity index (χ3v) is 1.85. The number of aliphatic hydroxyl groups is 2. The van der Waals surface area contributed by atoms with Crippen LogP contribution in [0.1, 0.15) is 13.8 Å². The highest BCUT2D eigenvalue weighted by Crippen LogP contribution is 2.24. The number of hydrogen-bond acceptors (Lipinski definition) is 4. The standard InChI is InChI=1S/C9H16O4/c1-9(2)12-6-8(13-9)7(11)4-3-5-10/h3-4,7-8,10-11H,5-6H2,1-2H3/b4-3-/t7-,8-/m1/s1. The zero-order chi connectivity index (χ0) is 9.90. The predicted octanol–water partition coefficient (Wildman–Crippen LogP) is 0.0473. The fourth-order valence-corrected chi connectivity index (χ4v) is 1.21. The summed E-state index contributed by atoms with van der Waals surface area (Å²) >= 11 is 0. The van der Waals surface area contributed by atoms with Gasteiger partial charge < -0.3 is 19.7 Å². The second-order valence-corrected chi connectivity index (χ2v) is 3.47. The van der Waals surface area contributed by atoms with E-state index in [0.717, 1.165) is 0 Å². The first-order valence-corrected chi connectivity index (χ1v) is 4.32. The molecule has 0 aromatic carbocycles. The molecule has 0 bridgehead atoms. The molecule has 2 N–H and O–H groups in total. The fraction of sp³-hybridized carbons (Fsp3) is 0.778. The third-order valence-electron chi connectivity index (χ3n) is 1.85. The Kier molecular flexibility index (Phi) is 3.44. The van der Waals surface area contributed by atoms with Crippen molar-refractivity contribution >= 4 is 0 Å². The quantitative estimate of drug-likeness (QED) is 0.614. The third kappa shape index (κ3) is 3.08. The molecule has 76 valence electrons. The Bertz CT molecular complexity index is 188. The van der Waals surface area contributed by atoms with E-state index in [0.29, 0.717) is 6.61 Å². The molecular formula is C9H16O4. The van der Waals surface area contributed by atoms with E-state index in [2.05, 4.69) is 0 Å². The van der Waals surface area contributed by atoms with E-state index in [1.807, 2.05) is 0 Å². The van der Waals surface area contributed by atoms with E-state index in [1.54, 1.807) is 13.8 Å². The molecule has 4 nitrogen and oxygen atoms in total. The van der Waals surface area contributed by atoms with Crippen LogP contribution in [0.2, 0.25) is 0 Å². The van der Waals surface area contributed by atoms with Crippen LogP contribution >= 0.6 is 0 Å². The van der Waals surface area contributed by atoms with Crippen LogP contribution in [-0.2, 0) is 9.47 Å². The van der Waals surface area contributed by atoms with Crippen LogP contribution in [0.3, 0.4) is 0 Å². The maximum absolute atomic E-state index is 9.51. The van der Waals surface area contributed by atoms with Gasteiger partial charge in [-0.25, -0.2) is 0 Å². The average molecular weight is 188 g/mol. The molecular weight excluding hydrogens is 172 g/mol. The minimum atomic E-state index is -0.714. The Morgan fingerprint density at radius 1 is 1.62 bits per heavy atom. The molecule has 0 spiro atoms. The molecule has 0 saturated carbocycles. The van der Waals surface area contributed by atoms with Gasteiger partial charge in [0.1, 0.15) is 12.2 Å². The van der Waals surface area contributed by atoms with Crippen LogP contribution in [0.4, 0.5) is 0 Å². The molecule has 0 amide bonds. The van der Waals surface area contributed by atoms with E-state index >= 15 is 0 Å². The summed E-state index contributed by atoms with van der Waals surface area (Å²) in [6.45, 7) is 3.91. The lowest BCUT2D eigenvalue weighted by atomic mass is 10.2. The van der Waals surface area contributed by atoms with Gasteiger partial charge in [0.25, 0.3) is 0 Å². The van der Waals surface area contributed by atoms with Crippen LogP contribution in [0.15, 0.2) is 12.2 Å². The molecule has 0 aliphatic carbocycles. The zero-order valence-electron chi connectivity index (χ0n) is 7.93. The number of aliphatic hydroxyl groups excluding tert-OH is 2. The summed E-state index contributed by atoms with van der Waals surface area (Å²) in [5.74, 6) is -0.612. The molecule has 1 aliphatic heterocycles. The second-order valence-electron chi connectivity index (χ2n) is 3.47. The van der Waals surface area contributed by atoms with E-state index in [-0.39, 0.29) is 12.7 Å². The molecule has 1 saturated heterocycles. The van der Waals surface area contributed by atoms with Crippen LogP contribution in [-0.4, -0.2) is 41.4 Å². The van der Waals surface area contributed by atoms with E-state index in [9.17, 15) is 5.11 Å². The van der Waals surface area contributed by atoms with Gasteiger partial charge in [-0.2, -0.15) is 0 Å². The Balaban J connectivity index is 2.42. The van der Waals surface area contributed by atoms with Gasteiger partial charge in [-0.05, 0) is 13.8 Å². The van der Waals surface area contributed by atoms with Gasteiger partial charge in [-0.1, -0.05) is 12.2 Å². The van der Waals surface area contributed by atoms with Gasteiger partial charge in [0.2, 0.25) is 0 Å². The highest BCUT2D eigenvalue weighted by atomic mass is 16.7. The minimum absolute atomic E-state index is 0.0754. The van der Waals surface area contributed by atoms with Crippen LogP contribution in [0.25, 0.3) is 0 Å². The van der Waals surface area contributed by atoms with Gasteiger partial charge in [0, 0.05) is 0 Å². The van der Waals surface area contributed by atoms with Gasteiger partial charge in [-0.3, -0.25) is 0 Å². The first-order chi connectivity index (χ1) is 6.05. The van der Waals surface area contributed by atoms with E-state index < -0.39 is 11.9 Å². The maximum atomic E-state index is 9.51. The number of ether oxygens (including phenoxy) is 2. The van der Waals surface area contributed by atoms with E-state index in [1.165, 1.54) is 12.2 Å². The Morgan fingerprint density at radius 2 is 2.31 bits per heavy atom. The summed E-state index contributed by atoms with van der Waals surface area (Å²) in [6, 6.07) is 0. The molecule has 1 heterocycles. The number of rotatable bonds is 3. The highest BCUT2D eigenvalue weighted by Gasteiger charge is 2.35. The minimum Gasteiger partial charge on any atom is -0.392 e. The molecule has 0 radical (unpaired) electrons. The lowest BCUT2D eigenvalue weighted by Gasteiger charge is -2.18. The predicted molar refractivity (Wildman–Crippen MR) is 47.1 cm³/mol. The van der Waals surface area contributed by atoms with Gasteiger partial charge in [0.05, 0.1) is 13.2 Å². The molecule has 0 unspecified atom stereocenters. The summed E-state index contributed by atoms with van der Waals surface area (Å²) in [6.07, 6.45) is 1.95. The SMILES string of the molecule is CC1(C)OC[C@H]([C@H](O)/C=C\CO)O1. The van der Waals surface area contributed by atoms with Crippen LogP contribution in [0, 0.1) is 0 Å². The molecule has 0 aromatic rings. The summed E-state index contributed by atoms with van der Waals surface area (Å²) < 4.78 is 10.7. The highest BCUT2D eigenvalue weighted by molar-refractivity contribution is 4.94. The summed E-state index contributed by atoms with van der Waals surface area (Å²) in [7, 11) is 0. The Morgan fingerprint density at radius 3 is 2.77 bits per heavy atom. The molecule has 13 heavy (non-hydrogen) atoms. The molecule has 4 heteroatoms. The van der Waals surface area contributed by atoms with Crippen molar-refractivity contribution in [2.45, 2.75) is 31.8 Å². The first kappa shape index (κ1) is 10.7. The number of hydrogen-bond donors (Lipinski definition) is 2.